The van der Waals surface area contributed by atoms with E-state index >= 15 is 4.79 Å². The summed E-state index contributed by atoms with van der Waals surface area (Å²) in [6, 6.07) is 14.9. The van der Waals surface area contributed by atoms with Gasteiger partial charge in [0, 0.05) is 46.8 Å². The maximum atomic E-state index is 15.2. The van der Waals surface area contributed by atoms with Crippen LogP contribution in [0.1, 0.15) is 74.0 Å². The van der Waals surface area contributed by atoms with Crippen LogP contribution in [0.4, 0.5) is 5.69 Å². The zero-order valence-electron chi connectivity index (χ0n) is 31.3. The second kappa shape index (κ2) is 14.8. The van der Waals surface area contributed by atoms with E-state index in [0.29, 0.717) is 41.7 Å². The Bertz CT molecular complexity index is 2420. The number of alkyl halides is 1. The summed E-state index contributed by atoms with van der Waals surface area (Å²) >= 11 is 13.8. The van der Waals surface area contributed by atoms with Gasteiger partial charge in [0.25, 0.3) is 5.91 Å². The number of nitrogens with zero attached hydrogens (tertiary/aromatic N) is 4. The summed E-state index contributed by atoms with van der Waals surface area (Å²) in [5.41, 5.74) is 8.94. The third-order valence-electron chi connectivity index (χ3n) is 10.4. The SMILES string of the molecule is COCOCc1cc(N2C(=O)c3c(CCCOc4cc(C)c(Cl)c(C)c4)c4cccc(-c5c(C)nn(C)c5C)c4n3C(C)C2Cl)c2[nH]c(C(=O)O)cc2c1. The number of aromatic carboxylic acids is 1. The number of methoxy groups -OCH3 is 1. The van der Waals surface area contributed by atoms with Gasteiger partial charge in [-0.25, -0.2) is 4.79 Å². The van der Waals surface area contributed by atoms with Gasteiger partial charge in [0.1, 0.15) is 29.4 Å². The molecular formula is C41H43Cl2N5O6. The third kappa shape index (κ3) is 6.42. The summed E-state index contributed by atoms with van der Waals surface area (Å²) in [5.74, 6) is -0.663. The van der Waals surface area contributed by atoms with Gasteiger partial charge in [0.15, 0.2) is 0 Å². The molecular weight excluding hydrogens is 729 g/mol. The Morgan fingerprint density at radius 1 is 1.07 bits per heavy atom. The van der Waals surface area contributed by atoms with Gasteiger partial charge in [-0.05, 0) is 100 Å². The topological polar surface area (TPSA) is 124 Å². The van der Waals surface area contributed by atoms with E-state index in [1.807, 2.05) is 76.7 Å². The van der Waals surface area contributed by atoms with Gasteiger partial charge >= 0.3 is 5.97 Å². The number of aromatic nitrogens is 4. The van der Waals surface area contributed by atoms with Gasteiger partial charge in [-0.3, -0.25) is 14.4 Å². The van der Waals surface area contributed by atoms with Gasteiger partial charge < -0.3 is 28.9 Å². The number of aromatic amines is 1. The average molecular weight is 773 g/mol. The molecule has 0 aliphatic carbocycles. The van der Waals surface area contributed by atoms with Gasteiger partial charge in [-0.2, -0.15) is 5.10 Å². The van der Waals surface area contributed by atoms with Crippen LogP contribution < -0.4 is 9.64 Å². The number of nitrogens with one attached hydrogen (secondary N) is 1. The lowest BCUT2D eigenvalue weighted by Crippen LogP contribution is -2.48. The predicted molar refractivity (Wildman–Crippen MR) is 211 cm³/mol. The molecule has 3 aromatic carbocycles. The molecule has 1 amide bonds. The van der Waals surface area contributed by atoms with Crippen molar-refractivity contribution in [2.45, 2.75) is 65.6 Å². The van der Waals surface area contributed by atoms with E-state index in [1.54, 1.807) is 11.0 Å². The Kier molecular flexibility index (Phi) is 10.3. The molecule has 1 aliphatic rings. The Hall–Kier alpha value is -4.81. The Labute approximate surface area is 323 Å². The fourth-order valence-electron chi connectivity index (χ4n) is 7.84. The number of aryl methyl sites for hydroxylation is 5. The molecule has 282 valence electrons. The summed E-state index contributed by atoms with van der Waals surface area (Å²) in [7, 11) is 3.47. The summed E-state index contributed by atoms with van der Waals surface area (Å²) in [5, 5.41) is 16.9. The number of ether oxygens (including phenoxy) is 3. The van der Waals surface area contributed by atoms with Gasteiger partial charge in [-0.1, -0.05) is 41.4 Å². The number of hydrogen-bond acceptors (Lipinski definition) is 6. The molecule has 0 radical (unpaired) electrons. The van der Waals surface area contributed by atoms with Crippen molar-refractivity contribution >= 4 is 62.6 Å². The van der Waals surface area contributed by atoms with Crippen LogP contribution >= 0.6 is 23.2 Å². The second-order valence-electron chi connectivity index (χ2n) is 14.0. The number of amides is 1. The molecule has 0 bridgehead atoms. The summed E-state index contributed by atoms with van der Waals surface area (Å²) in [6.07, 6.45) is 1.17. The van der Waals surface area contributed by atoms with Crippen LogP contribution in [0.2, 0.25) is 5.02 Å². The van der Waals surface area contributed by atoms with E-state index in [4.69, 9.17) is 42.5 Å². The number of rotatable bonds is 12. The van der Waals surface area contributed by atoms with Crippen LogP contribution in [-0.4, -0.2) is 62.3 Å². The number of H-pyrrole nitrogens is 1. The number of hydrogen-bond donors (Lipinski definition) is 2. The molecule has 0 fully saturated rings. The number of carbonyl (C=O) groups excluding carboxylic acids is 1. The average Bonchev–Trinajstić information content (AvgIpc) is 3.79. The molecule has 1 aliphatic heterocycles. The summed E-state index contributed by atoms with van der Waals surface area (Å²) < 4.78 is 20.9. The van der Waals surface area contributed by atoms with Crippen LogP contribution in [0.25, 0.3) is 32.9 Å². The van der Waals surface area contributed by atoms with Crippen molar-refractivity contribution in [2.24, 2.45) is 7.05 Å². The second-order valence-corrected chi connectivity index (χ2v) is 14.8. The van der Waals surface area contributed by atoms with Crippen LogP contribution in [0, 0.1) is 27.7 Å². The highest BCUT2D eigenvalue weighted by molar-refractivity contribution is 6.32. The quantitative estimate of drug-likeness (QED) is 0.0551. The molecule has 3 aromatic heterocycles. The van der Waals surface area contributed by atoms with Crippen molar-refractivity contribution in [3.8, 4) is 16.9 Å². The maximum absolute atomic E-state index is 15.2. The molecule has 0 spiro atoms. The fourth-order valence-corrected chi connectivity index (χ4v) is 8.26. The Morgan fingerprint density at radius 2 is 1.81 bits per heavy atom. The van der Waals surface area contributed by atoms with E-state index in [1.165, 1.54) is 7.11 Å². The van der Waals surface area contributed by atoms with Crippen LogP contribution in [-0.2, 0) is 29.5 Å². The number of anilines is 1. The zero-order chi connectivity index (χ0) is 38.6. The first-order chi connectivity index (χ1) is 25.8. The van der Waals surface area contributed by atoms with Gasteiger partial charge in [0.2, 0.25) is 0 Å². The third-order valence-corrected chi connectivity index (χ3v) is 11.5. The normalized spacial score (nSPS) is 15.8. The highest BCUT2D eigenvalue weighted by Gasteiger charge is 2.42. The summed E-state index contributed by atoms with van der Waals surface area (Å²) in [4.78, 5) is 32.0. The van der Waals surface area contributed by atoms with Crippen molar-refractivity contribution in [1.29, 1.82) is 0 Å². The molecule has 6 aromatic rings. The number of para-hydroxylation sites is 1. The van der Waals surface area contributed by atoms with Crippen LogP contribution in [0.15, 0.2) is 48.5 Å². The van der Waals surface area contributed by atoms with E-state index < -0.39 is 17.5 Å². The number of halogens is 2. The number of carbonyl (C=O) groups is 2. The largest absolute Gasteiger partial charge is 0.494 e. The number of benzene rings is 3. The van der Waals surface area contributed by atoms with E-state index in [-0.39, 0.29) is 25.0 Å². The predicted octanol–water partition coefficient (Wildman–Crippen LogP) is 9.03. The molecule has 0 saturated heterocycles. The number of carboxylic acid groups (broad SMARTS) is 1. The standard InChI is InChI=1S/C41H43Cl2N5O6/c1-21-14-28(15-22(2)35(21)42)54-13-9-12-30-29-10-8-11-31(34-23(3)45-46(6)24(34)4)37(29)47-25(5)39(43)48(40(49)38(30)47)33-17-26(19-53-20-52-7)16-27-18-32(41(50)51)44-36(27)33/h8,10-11,14-18,25,39,44H,9,12-13,19-20H2,1-7H3,(H,50,51). The highest BCUT2D eigenvalue weighted by atomic mass is 35.5. The van der Waals surface area contributed by atoms with E-state index in [9.17, 15) is 9.90 Å². The first-order valence-corrected chi connectivity index (χ1v) is 18.6. The number of carboxylic acids is 1. The molecule has 2 N–H and O–H groups in total. The first kappa shape index (κ1) is 37.5. The molecule has 4 heterocycles. The zero-order valence-corrected chi connectivity index (χ0v) is 32.9. The van der Waals surface area contributed by atoms with Gasteiger partial charge in [-0.15, -0.1) is 0 Å². The van der Waals surface area contributed by atoms with Crippen molar-refractivity contribution in [2.75, 3.05) is 25.4 Å². The molecule has 13 heteroatoms. The van der Waals surface area contributed by atoms with Crippen molar-refractivity contribution in [3.05, 3.63) is 98.6 Å². The Balaban J connectivity index is 1.38. The summed E-state index contributed by atoms with van der Waals surface area (Å²) in [6.45, 7) is 10.6. The van der Waals surface area contributed by atoms with Crippen molar-refractivity contribution in [1.82, 2.24) is 19.3 Å². The minimum Gasteiger partial charge on any atom is -0.494 e. The van der Waals surface area contributed by atoms with Crippen molar-refractivity contribution in [3.63, 3.8) is 0 Å². The lowest BCUT2D eigenvalue weighted by Gasteiger charge is -2.39. The van der Waals surface area contributed by atoms with Gasteiger partial charge in [0.05, 0.1) is 41.7 Å². The highest BCUT2D eigenvalue weighted by Crippen LogP contribution is 2.46. The fraction of sp³-hybridized carbons (Fsp3) is 0.341. The molecule has 0 saturated carbocycles. The van der Waals surface area contributed by atoms with Crippen LogP contribution in [0.5, 0.6) is 5.75 Å². The minimum atomic E-state index is -1.11. The minimum absolute atomic E-state index is 0.00225. The smallest absolute Gasteiger partial charge is 0.352 e. The lowest BCUT2D eigenvalue weighted by molar-refractivity contribution is -0.0390. The van der Waals surface area contributed by atoms with E-state index in [0.717, 1.165) is 66.4 Å². The van der Waals surface area contributed by atoms with Crippen molar-refractivity contribution < 1.29 is 28.9 Å². The Morgan fingerprint density at radius 3 is 2.48 bits per heavy atom. The molecule has 2 unspecified atom stereocenters. The monoisotopic (exact) mass is 771 g/mol. The lowest BCUT2D eigenvalue weighted by atomic mass is 9.98. The molecule has 54 heavy (non-hydrogen) atoms. The molecule has 11 nitrogen and oxygen atoms in total. The first-order valence-electron chi connectivity index (χ1n) is 17.8. The van der Waals surface area contributed by atoms with E-state index in [2.05, 4.69) is 21.7 Å². The molecule has 2 atom stereocenters. The molecule has 7 rings (SSSR count). The van der Waals surface area contributed by atoms with Crippen LogP contribution in [0.3, 0.4) is 0 Å². The maximum Gasteiger partial charge on any atom is 0.352 e. The number of fused-ring (bicyclic) bond motifs is 4.